The Balaban J connectivity index is 1.47. The SMILES string of the molecule is CC(=O)N1CC[C@H](Nc2cccc(C(C)(C)Cc3cnc(NCC4CN(C)CCO4)cc3C(C)(C)C)c2)C1. The molecule has 1 unspecified atom stereocenters. The fourth-order valence-corrected chi connectivity index (χ4v) is 5.64. The summed E-state index contributed by atoms with van der Waals surface area (Å²) in [6.45, 7) is 18.2. The highest BCUT2D eigenvalue weighted by Gasteiger charge is 2.28. The standard InChI is InChI=1S/C31H47N5O2/c1-22(37)36-12-11-26(20-36)34-25-10-8-9-24(15-25)31(5,6)17-23-18-32-29(16-28(23)30(2,3)4)33-19-27-21-35(7)13-14-38-27/h8-10,15-16,18,26-27,34H,11-14,17,19-21H2,1-7H3,(H,32,33)/t26-,27?/m0/s1. The third-order valence-electron chi connectivity index (χ3n) is 7.93. The van der Waals surface area contributed by atoms with Crippen LogP contribution in [0.25, 0.3) is 0 Å². The van der Waals surface area contributed by atoms with Crippen LogP contribution in [0.2, 0.25) is 0 Å². The highest BCUT2D eigenvalue weighted by atomic mass is 16.5. The molecular weight excluding hydrogens is 474 g/mol. The van der Waals surface area contributed by atoms with Crippen molar-refractivity contribution in [1.29, 1.82) is 0 Å². The second kappa shape index (κ2) is 11.6. The third kappa shape index (κ3) is 7.26. The lowest BCUT2D eigenvalue weighted by molar-refractivity contribution is -0.127. The molecule has 2 saturated heterocycles. The summed E-state index contributed by atoms with van der Waals surface area (Å²) >= 11 is 0. The van der Waals surface area contributed by atoms with Gasteiger partial charge in [-0.2, -0.15) is 0 Å². The number of likely N-dealkylation sites (tertiary alicyclic amines) is 1. The van der Waals surface area contributed by atoms with Gasteiger partial charge in [0.25, 0.3) is 0 Å². The van der Waals surface area contributed by atoms with Crippen molar-refractivity contribution >= 4 is 17.4 Å². The van der Waals surface area contributed by atoms with E-state index in [2.05, 4.69) is 93.7 Å². The van der Waals surface area contributed by atoms with E-state index in [0.717, 1.165) is 63.7 Å². The minimum absolute atomic E-state index is 0.000796. The molecule has 0 radical (unpaired) electrons. The van der Waals surface area contributed by atoms with Gasteiger partial charge in [0.05, 0.1) is 12.7 Å². The van der Waals surface area contributed by atoms with Crippen LogP contribution in [-0.2, 0) is 26.8 Å². The molecule has 38 heavy (non-hydrogen) atoms. The van der Waals surface area contributed by atoms with Gasteiger partial charge < -0.3 is 25.2 Å². The molecule has 1 aromatic heterocycles. The van der Waals surface area contributed by atoms with Gasteiger partial charge in [-0.3, -0.25) is 4.79 Å². The van der Waals surface area contributed by atoms with Gasteiger partial charge in [-0.15, -0.1) is 0 Å². The Kier molecular flexibility index (Phi) is 8.68. The number of likely N-dealkylation sites (N-methyl/N-ethyl adjacent to an activating group) is 1. The number of carbonyl (C=O) groups excluding carboxylic acids is 1. The Morgan fingerprint density at radius 2 is 1.92 bits per heavy atom. The summed E-state index contributed by atoms with van der Waals surface area (Å²) in [5.41, 5.74) is 4.96. The summed E-state index contributed by atoms with van der Waals surface area (Å²) < 4.78 is 5.92. The summed E-state index contributed by atoms with van der Waals surface area (Å²) in [5.74, 6) is 1.07. The van der Waals surface area contributed by atoms with Crippen LogP contribution in [0, 0.1) is 0 Å². The van der Waals surface area contributed by atoms with Crippen LogP contribution in [0.15, 0.2) is 36.5 Å². The van der Waals surface area contributed by atoms with Crippen molar-refractivity contribution in [2.45, 2.75) is 77.4 Å². The second-order valence-electron chi connectivity index (χ2n) is 12.8. The zero-order valence-electron chi connectivity index (χ0n) is 24.4. The highest BCUT2D eigenvalue weighted by Crippen LogP contribution is 2.35. The topological polar surface area (TPSA) is 69.7 Å². The summed E-state index contributed by atoms with van der Waals surface area (Å²) in [6.07, 6.45) is 4.13. The molecule has 0 bridgehead atoms. The van der Waals surface area contributed by atoms with Crippen molar-refractivity contribution in [3.8, 4) is 0 Å². The van der Waals surface area contributed by atoms with Gasteiger partial charge in [-0.1, -0.05) is 46.8 Å². The molecule has 2 atom stereocenters. The van der Waals surface area contributed by atoms with Crippen LogP contribution >= 0.6 is 0 Å². The van der Waals surface area contributed by atoms with Crippen LogP contribution in [0.4, 0.5) is 11.5 Å². The lowest BCUT2D eigenvalue weighted by Crippen LogP contribution is -2.43. The molecule has 7 nitrogen and oxygen atoms in total. The van der Waals surface area contributed by atoms with Crippen molar-refractivity contribution in [3.05, 3.63) is 53.2 Å². The van der Waals surface area contributed by atoms with Crippen molar-refractivity contribution in [3.63, 3.8) is 0 Å². The van der Waals surface area contributed by atoms with Gasteiger partial charge in [0.2, 0.25) is 5.91 Å². The van der Waals surface area contributed by atoms with Crippen molar-refractivity contribution in [2.75, 3.05) is 57.0 Å². The molecule has 4 rings (SSSR count). The summed E-state index contributed by atoms with van der Waals surface area (Å²) in [4.78, 5) is 20.8. The van der Waals surface area contributed by atoms with Crippen LogP contribution in [0.3, 0.4) is 0 Å². The molecule has 2 N–H and O–H groups in total. The summed E-state index contributed by atoms with van der Waals surface area (Å²) in [6, 6.07) is 11.3. The maximum absolute atomic E-state index is 11.7. The molecule has 2 fully saturated rings. The van der Waals surface area contributed by atoms with Gasteiger partial charge in [-0.25, -0.2) is 4.98 Å². The van der Waals surface area contributed by atoms with Crippen LogP contribution < -0.4 is 10.6 Å². The first-order valence-electron chi connectivity index (χ1n) is 14.1. The quantitative estimate of drug-likeness (QED) is 0.526. The van der Waals surface area contributed by atoms with E-state index in [9.17, 15) is 4.79 Å². The largest absolute Gasteiger partial charge is 0.380 e. The fourth-order valence-electron chi connectivity index (χ4n) is 5.64. The number of nitrogens with zero attached hydrogens (tertiary/aromatic N) is 3. The monoisotopic (exact) mass is 521 g/mol. The number of ether oxygens (including phenoxy) is 1. The van der Waals surface area contributed by atoms with E-state index >= 15 is 0 Å². The third-order valence-corrected chi connectivity index (χ3v) is 7.93. The van der Waals surface area contributed by atoms with E-state index in [0.29, 0.717) is 6.04 Å². The zero-order chi connectivity index (χ0) is 27.5. The molecular formula is C31H47N5O2. The maximum Gasteiger partial charge on any atom is 0.219 e. The van der Waals surface area contributed by atoms with Crippen LogP contribution in [0.5, 0.6) is 0 Å². The van der Waals surface area contributed by atoms with Gasteiger partial charge >= 0.3 is 0 Å². The second-order valence-corrected chi connectivity index (χ2v) is 12.8. The van der Waals surface area contributed by atoms with Crippen molar-refractivity contribution < 1.29 is 9.53 Å². The molecule has 0 spiro atoms. The Morgan fingerprint density at radius 3 is 2.61 bits per heavy atom. The maximum atomic E-state index is 11.7. The van der Waals surface area contributed by atoms with E-state index in [-0.39, 0.29) is 22.8 Å². The van der Waals surface area contributed by atoms with Crippen LogP contribution in [0.1, 0.15) is 64.7 Å². The molecule has 208 valence electrons. The number of hydrogen-bond donors (Lipinski definition) is 2. The van der Waals surface area contributed by atoms with E-state index in [1.54, 1.807) is 6.92 Å². The molecule has 0 aliphatic carbocycles. The molecule has 0 saturated carbocycles. The molecule has 1 aromatic carbocycles. The fraction of sp³-hybridized carbons (Fsp3) is 0.613. The number of hydrogen-bond acceptors (Lipinski definition) is 6. The van der Waals surface area contributed by atoms with E-state index in [1.807, 2.05) is 4.90 Å². The summed E-state index contributed by atoms with van der Waals surface area (Å²) in [5, 5.41) is 7.19. The van der Waals surface area contributed by atoms with Crippen molar-refractivity contribution in [1.82, 2.24) is 14.8 Å². The number of anilines is 2. The molecule has 2 aromatic rings. The number of morpholine rings is 1. The number of benzene rings is 1. The molecule has 1 amide bonds. The number of aromatic nitrogens is 1. The van der Waals surface area contributed by atoms with E-state index in [1.165, 1.54) is 16.7 Å². The average molecular weight is 522 g/mol. The Hall–Kier alpha value is -2.64. The Labute approximate surface area is 229 Å². The lowest BCUT2D eigenvalue weighted by Gasteiger charge is -2.31. The van der Waals surface area contributed by atoms with E-state index in [4.69, 9.17) is 9.72 Å². The molecule has 2 aliphatic rings. The van der Waals surface area contributed by atoms with Crippen molar-refractivity contribution in [2.24, 2.45) is 0 Å². The Bertz CT molecular complexity index is 1110. The zero-order valence-corrected chi connectivity index (χ0v) is 24.4. The van der Waals surface area contributed by atoms with Gasteiger partial charge in [0.1, 0.15) is 5.82 Å². The molecule has 3 heterocycles. The smallest absolute Gasteiger partial charge is 0.219 e. The predicted octanol–water partition coefficient (Wildman–Crippen LogP) is 4.67. The minimum Gasteiger partial charge on any atom is -0.380 e. The first-order valence-corrected chi connectivity index (χ1v) is 14.1. The summed E-state index contributed by atoms with van der Waals surface area (Å²) in [7, 11) is 2.14. The number of carbonyl (C=O) groups is 1. The number of pyridine rings is 1. The minimum atomic E-state index is -0.0735. The predicted molar refractivity (Wildman–Crippen MR) is 156 cm³/mol. The van der Waals surface area contributed by atoms with Crippen LogP contribution in [-0.4, -0.2) is 79.2 Å². The first kappa shape index (κ1) is 28.4. The number of amides is 1. The highest BCUT2D eigenvalue weighted by molar-refractivity contribution is 5.73. The molecule has 7 heteroatoms. The average Bonchev–Trinajstić information content (AvgIpc) is 3.32. The first-order chi connectivity index (χ1) is 17.9. The van der Waals surface area contributed by atoms with Gasteiger partial charge in [0.15, 0.2) is 0 Å². The Morgan fingerprint density at radius 1 is 1.13 bits per heavy atom. The molecule has 2 aliphatic heterocycles. The van der Waals surface area contributed by atoms with E-state index < -0.39 is 0 Å². The number of nitrogens with one attached hydrogen (secondary N) is 2. The van der Waals surface area contributed by atoms with Gasteiger partial charge in [0, 0.05) is 57.6 Å². The lowest BCUT2D eigenvalue weighted by atomic mass is 9.75. The van der Waals surface area contributed by atoms with Gasteiger partial charge in [-0.05, 0) is 65.6 Å². The normalized spacial score (nSPS) is 21.0. The number of rotatable bonds is 8.